The Morgan fingerprint density at radius 2 is 1.92 bits per heavy atom. The second-order valence-corrected chi connectivity index (χ2v) is 7.30. The molecule has 0 amide bonds. The Morgan fingerprint density at radius 3 is 2.52 bits per heavy atom. The molecule has 0 aromatic rings. The van der Waals surface area contributed by atoms with E-state index in [9.17, 15) is 9.59 Å². The van der Waals surface area contributed by atoms with Gasteiger partial charge in [-0.3, -0.25) is 9.59 Å². The summed E-state index contributed by atoms with van der Waals surface area (Å²) in [4.78, 5) is 23.8. The van der Waals surface area contributed by atoms with E-state index in [1.54, 1.807) is 6.08 Å². The van der Waals surface area contributed by atoms with Gasteiger partial charge in [-0.05, 0) is 43.8 Å². The highest BCUT2D eigenvalue weighted by molar-refractivity contribution is 5.81. The maximum atomic E-state index is 12.3. The number of carbonyl (C=O) groups is 2. The monoisotopic (exact) mass is 348 g/mol. The van der Waals surface area contributed by atoms with Gasteiger partial charge in [0.05, 0.1) is 0 Å². The molecule has 1 aliphatic rings. The van der Waals surface area contributed by atoms with Gasteiger partial charge in [-0.25, -0.2) is 0 Å². The Morgan fingerprint density at radius 1 is 1.20 bits per heavy atom. The number of ketones is 1. The molecule has 0 aromatic carbocycles. The molecule has 0 aliphatic heterocycles. The number of unbranched alkanes of at least 4 members (excludes halogenated alkanes) is 5. The fourth-order valence-electron chi connectivity index (χ4n) is 3.30. The van der Waals surface area contributed by atoms with Gasteiger partial charge in [0.1, 0.15) is 11.4 Å². The van der Waals surface area contributed by atoms with Gasteiger partial charge < -0.3 is 4.74 Å². The minimum Gasteiger partial charge on any atom is -0.451 e. The van der Waals surface area contributed by atoms with Gasteiger partial charge in [0.15, 0.2) is 0 Å². The Hall–Kier alpha value is -1.38. The lowest BCUT2D eigenvalue weighted by molar-refractivity contribution is -0.152. The molecule has 0 heterocycles. The lowest BCUT2D eigenvalue weighted by atomic mass is 9.93. The first kappa shape index (κ1) is 21.7. The largest absolute Gasteiger partial charge is 0.451 e. The van der Waals surface area contributed by atoms with Gasteiger partial charge in [-0.2, -0.15) is 0 Å². The van der Waals surface area contributed by atoms with E-state index >= 15 is 0 Å². The number of ether oxygens (including phenoxy) is 1. The molecule has 1 aliphatic carbocycles. The van der Waals surface area contributed by atoms with E-state index in [0.717, 1.165) is 57.8 Å². The van der Waals surface area contributed by atoms with Gasteiger partial charge in [-0.15, -0.1) is 0 Å². The summed E-state index contributed by atoms with van der Waals surface area (Å²) >= 11 is 0. The molecule has 0 radical (unpaired) electrons. The molecule has 0 saturated heterocycles. The normalized spacial score (nSPS) is 19.9. The molecule has 0 bridgehead atoms. The molecule has 0 N–H and O–H groups in total. The van der Waals surface area contributed by atoms with E-state index in [1.807, 2.05) is 6.08 Å². The summed E-state index contributed by atoms with van der Waals surface area (Å²) in [6.07, 6.45) is 16.8. The van der Waals surface area contributed by atoms with Crippen LogP contribution in [0.1, 0.15) is 90.9 Å². The van der Waals surface area contributed by atoms with Crippen LogP contribution >= 0.6 is 0 Å². The molecule has 2 atom stereocenters. The molecule has 1 fully saturated rings. The highest BCUT2D eigenvalue weighted by atomic mass is 16.6. The Bertz CT molecular complexity index is 452. The summed E-state index contributed by atoms with van der Waals surface area (Å²) in [6.45, 7) is 8.26. The summed E-state index contributed by atoms with van der Waals surface area (Å²) in [6, 6.07) is 0. The molecule has 0 aromatic heterocycles. The van der Waals surface area contributed by atoms with Crippen molar-refractivity contribution in [1.29, 1.82) is 0 Å². The number of esters is 1. The van der Waals surface area contributed by atoms with Crippen LogP contribution in [0.25, 0.3) is 0 Å². The van der Waals surface area contributed by atoms with E-state index in [2.05, 4.69) is 26.5 Å². The second kappa shape index (κ2) is 12.1. The molecule has 3 heteroatoms. The predicted molar refractivity (Wildman–Crippen MR) is 103 cm³/mol. The molecule has 1 saturated carbocycles. The minimum atomic E-state index is -0.720. The Balaban J connectivity index is 2.68. The molecule has 3 nitrogen and oxygen atoms in total. The van der Waals surface area contributed by atoms with Crippen LogP contribution in [0.5, 0.6) is 0 Å². The van der Waals surface area contributed by atoms with Crippen LogP contribution in [0.3, 0.4) is 0 Å². The zero-order valence-electron chi connectivity index (χ0n) is 16.2. The standard InChI is InChI=1S/C22H36O3/c1-4-7-9-10-12-21(24)25-22(6-3,16-11-8-5-2)17-15-19-13-14-20(23)18-19/h6,15,17,19H,3-5,7-14,16,18H2,1-2H3/t19?,22-/m1/s1. The van der Waals surface area contributed by atoms with Crippen molar-refractivity contribution < 1.29 is 14.3 Å². The second-order valence-electron chi connectivity index (χ2n) is 7.30. The summed E-state index contributed by atoms with van der Waals surface area (Å²) < 4.78 is 5.87. The predicted octanol–water partition coefficient (Wildman–Crippen LogP) is 5.93. The summed E-state index contributed by atoms with van der Waals surface area (Å²) in [5.74, 6) is 0.471. The van der Waals surface area contributed by atoms with Crippen LogP contribution < -0.4 is 0 Å². The molecular weight excluding hydrogens is 312 g/mol. The Labute approximate surface area is 153 Å². The number of Topliss-reactive ketones (excluding diaryl/α,β-unsaturated/α-hetero) is 1. The zero-order chi connectivity index (χ0) is 18.5. The SMILES string of the molecule is C=C[C@](C=CC1CCC(=O)C1)(CCCCC)OC(=O)CCCCCC. The highest BCUT2D eigenvalue weighted by Crippen LogP contribution is 2.29. The summed E-state index contributed by atoms with van der Waals surface area (Å²) in [5, 5.41) is 0. The molecule has 0 spiro atoms. The van der Waals surface area contributed by atoms with E-state index < -0.39 is 5.60 Å². The summed E-state index contributed by atoms with van der Waals surface area (Å²) in [7, 11) is 0. The van der Waals surface area contributed by atoms with Gasteiger partial charge in [-0.1, -0.05) is 58.6 Å². The first-order chi connectivity index (χ1) is 12.0. The van der Waals surface area contributed by atoms with Gasteiger partial charge in [0.25, 0.3) is 0 Å². The third-order valence-corrected chi connectivity index (χ3v) is 4.99. The van der Waals surface area contributed by atoms with E-state index in [4.69, 9.17) is 4.74 Å². The van der Waals surface area contributed by atoms with Crippen molar-refractivity contribution in [3.05, 3.63) is 24.8 Å². The first-order valence-electron chi connectivity index (χ1n) is 10.1. The quantitative estimate of drug-likeness (QED) is 0.235. The average Bonchev–Trinajstić information content (AvgIpc) is 3.02. The van der Waals surface area contributed by atoms with Crippen LogP contribution in [0.15, 0.2) is 24.8 Å². The van der Waals surface area contributed by atoms with Crippen molar-refractivity contribution in [2.75, 3.05) is 0 Å². The van der Waals surface area contributed by atoms with Crippen molar-refractivity contribution in [2.45, 2.75) is 96.5 Å². The molecule has 142 valence electrons. The number of allylic oxidation sites excluding steroid dienone is 1. The number of hydrogen-bond acceptors (Lipinski definition) is 3. The fraction of sp³-hybridized carbons (Fsp3) is 0.727. The lowest BCUT2D eigenvalue weighted by Crippen LogP contribution is -2.31. The maximum Gasteiger partial charge on any atom is 0.306 e. The smallest absolute Gasteiger partial charge is 0.306 e. The average molecular weight is 349 g/mol. The lowest BCUT2D eigenvalue weighted by Gasteiger charge is -2.28. The maximum absolute atomic E-state index is 12.3. The van der Waals surface area contributed by atoms with E-state index in [1.165, 1.54) is 0 Å². The first-order valence-corrected chi connectivity index (χ1v) is 10.1. The van der Waals surface area contributed by atoms with Crippen LogP contribution in [-0.2, 0) is 14.3 Å². The third-order valence-electron chi connectivity index (χ3n) is 4.99. The molecule has 25 heavy (non-hydrogen) atoms. The number of rotatable bonds is 13. The van der Waals surface area contributed by atoms with E-state index in [0.29, 0.717) is 25.0 Å². The third kappa shape index (κ3) is 8.51. The van der Waals surface area contributed by atoms with Crippen LogP contribution in [0.4, 0.5) is 0 Å². The van der Waals surface area contributed by atoms with Crippen molar-refractivity contribution in [1.82, 2.24) is 0 Å². The van der Waals surface area contributed by atoms with Crippen molar-refractivity contribution in [3.63, 3.8) is 0 Å². The molecular formula is C22H36O3. The minimum absolute atomic E-state index is 0.139. The topological polar surface area (TPSA) is 43.4 Å². The van der Waals surface area contributed by atoms with Crippen LogP contribution in [0.2, 0.25) is 0 Å². The fourth-order valence-corrected chi connectivity index (χ4v) is 3.30. The van der Waals surface area contributed by atoms with E-state index in [-0.39, 0.29) is 11.9 Å². The Kier molecular flexibility index (Phi) is 10.4. The number of carbonyl (C=O) groups excluding carboxylic acids is 2. The van der Waals surface area contributed by atoms with Crippen LogP contribution in [0, 0.1) is 5.92 Å². The zero-order valence-corrected chi connectivity index (χ0v) is 16.2. The van der Waals surface area contributed by atoms with Crippen molar-refractivity contribution in [3.8, 4) is 0 Å². The van der Waals surface area contributed by atoms with Crippen molar-refractivity contribution >= 4 is 11.8 Å². The number of hydrogen-bond donors (Lipinski definition) is 0. The van der Waals surface area contributed by atoms with Crippen LogP contribution in [-0.4, -0.2) is 17.4 Å². The summed E-state index contributed by atoms with van der Waals surface area (Å²) in [5.41, 5.74) is -0.720. The van der Waals surface area contributed by atoms with Gasteiger partial charge in [0.2, 0.25) is 0 Å². The van der Waals surface area contributed by atoms with Crippen molar-refractivity contribution in [2.24, 2.45) is 5.92 Å². The van der Waals surface area contributed by atoms with Gasteiger partial charge >= 0.3 is 5.97 Å². The molecule has 1 rings (SSSR count). The molecule has 1 unspecified atom stereocenters. The highest BCUT2D eigenvalue weighted by Gasteiger charge is 2.29. The van der Waals surface area contributed by atoms with Gasteiger partial charge in [0, 0.05) is 19.3 Å².